The fraction of sp³-hybridized carbons (Fsp3) is 0.267. The number of nitrogens with zero attached hydrogens (tertiary/aromatic N) is 1. The van der Waals surface area contributed by atoms with Gasteiger partial charge in [-0.3, -0.25) is 4.98 Å². The Morgan fingerprint density at radius 1 is 1.11 bits per heavy atom. The molecular weight excluding hydrogens is 246 g/mol. The van der Waals surface area contributed by atoms with Gasteiger partial charge in [0.2, 0.25) is 0 Å². The van der Waals surface area contributed by atoms with E-state index in [-0.39, 0.29) is 6.10 Å². The third kappa shape index (κ3) is 2.14. The highest BCUT2D eigenvalue weighted by molar-refractivity contribution is 6.30. The highest BCUT2D eigenvalue weighted by Crippen LogP contribution is 2.30. The molecule has 0 bridgehead atoms. The molecule has 2 nitrogen and oxygen atoms in total. The molecule has 3 heteroatoms. The summed E-state index contributed by atoms with van der Waals surface area (Å²) in [7, 11) is 0. The van der Waals surface area contributed by atoms with E-state index in [0.29, 0.717) is 0 Å². The van der Waals surface area contributed by atoms with Crippen LogP contribution < -0.4 is 0 Å². The molecule has 1 N–H and O–H groups in total. The van der Waals surface area contributed by atoms with Crippen molar-refractivity contribution < 1.29 is 5.11 Å². The third-order valence-corrected chi connectivity index (χ3v) is 3.65. The highest BCUT2D eigenvalue weighted by atomic mass is 35.5. The first kappa shape index (κ1) is 11.7. The number of fused-ring (bicyclic) bond motifs is 1. The van der Waals surface area contributed by atoms with Crippen LogP contribution in [0.3, 0.4) is 0 Å². The molecule has 1 aliphatic rings. The van der Waals surface area contributed by atoms with Crippen LogP contribution in [0.25, 0.3) is 11.3 Å². The lowest BCUT2D eigenvalue weighted by Crippen LogP contribution is -2.11. The Morgan fingerprint density at radius 2 is 1.89 bits per heavy atom. The van der Waals surface area contributed by atoms with E-state index in [4.69, 9.17) is 11.6 Å². The molecule has 0 radical (unpaired) electrons. The Morgan fingerprint density at radius 3 is 2.67 bits per heavy atom. The van der Waals surface area contributed by atoms with Crippen LogP contribution in [0.2, 0.25) is 5.02 Å². The molecule has 92 valence electrons. The normalized spacial score (nSPS) is 18.4. The summed E-state index contributed by atoms with van der Waals surface area (Å²) in [6.45, 7) is 0. The van der Waals surface area contributed by atoms with Gasteiger partial charge in [-0.1, -0.05) is 29.8 Å². The van der Waals surface area contributed by atoms with Gasteiger partial charge < -0.3 is 5.11 Å². The minimum atomic E-state index is -0.347. The van der Waals surface area contributed by atoms with Crippen molar-refractivity contribution in [3.63, 3.8) is 0 Å². The minimum Gasteiger partial charge on any atom is -0.388 e. The van der Waals surface area contributed by atoms with Crippen LogP contribution in [0.5, 0.6) is 0 Å². The van der Waals surface area contributed by atoms with Crippen LogP contribution in [0.4, 0.5) is 0 Å². The zero-order valence-corrected chi connectivity index (χ0v) is 10.7. The fourth-order valence-electron chi connectivity index (χ4n) is 2.42. The number of aliphatic hydroxyl groups excluding tert-OH is 1. The quantitative estimate of drug-likeness (QED) is 0.846. The summed E-state index contributed by atoms with van der Waals surface area (Å²) in [6.07, 6.45) is 2.45. The van der Waals surface area contributed by atoms with Crippen LogP contribution in [-0.2, 0) is 6.42 Å². The van der Waals surface area contributed by atoms with E-state index in [0.717, 1.165) is 46.8 Å². The number of aryl methyl sites for hydroxylation is 1. The number of hydrogen-bond acceptors (Lipinski definition) is 2. The van der Waals surface area contributed by atoms with E-state index < -0.39 is 0 Å². The Balaban J connectivity index is 2.01. The maximum absolute atomic E-state index is 9.90. The number of aromatic nitrogens is 1. The lowest BCUT2D eigenvalue weighted by Gasteiger charge is -2.20. The molecule has 1 atom stereocenters. The Labute approximate surface area is 111 Å². The maximum atomic E-state index is 9.90. The van der Waals surface area contributed by atoms with Gasteiger partial charge in [-0.25, -0.2) is 0 Å². The molecule has 1 heterocycles. The summed E-state index contributed by atoms with van der Waals surface area (Å²) >= 11 is 5.88. The average Bonchev–Trinajstić information content (AvgIpc) is 2.39. The van der Waals surface area contributed by atoms with Crippen molar-refractivity contribution in [3.05, 3.63) is 52.7 Å². The number of pyridine rings is 1. The second kappa shape index (κ2) is 4.71. The van der Waals surface area contributed by atoms with Crippen LogP contribution in [0.15, 0.2) is 36.4 Å². The van der Waals surface area contributed by atoms with Crippen molar-refractivity contribution in [1.29, 1.82) is 0 Å². The van der Waals surface area contributed by atoms with Crippen LogP contribution in [0.1, 0.15) is 30.2 Å². The topological polar surface area (TPSA) is 33.1 Å². The number of rotatable bonds is 1. The van der Waals surface area contributed by atoms with Crippen molar-refractivity contribution in [1.82, 2.24) is 4.98 Å². The molecule has 1 aromatic heterocycles. The van der Waals surface area contributed by atoms with Crippen LogP contribution >= 0.6 is 11.6 Å². The molecule has 2 aromatic rings. The Bertz CT molecular complexity index is 565. The van der Waals surface area contributed by atoms with Crippen LogP contribution in [0, 0.1) is 0 Å². The van der Waals surface area contributed by atoms with Crippen molar-refractivity contribution in [2.24, 2.45) is 0 Å². The van der Waals surface area contributed by atoms with Crippen molar-refractivity contribution in [2.75, 3.05) is 0 Å². The minimum absolute atomic E-state index is 0.347. The Kier molecular flexibility index (Phi) is 3.06. The molecule has 3 rings (SSSR count). The molecule has 0 aliphatic heterocycles. The van der Waals surface area contributed by atoms with Gasteiger partial charge >= 0.3 is 0 Å². The Hall–Kier alpha value is -1.38. The lowest BCUT2D eigenvalue weighted by molar-refractivity contribution is 0.155. The van der Waals surface area contributed by atoms with Crippen molar-refractivity contribution in [3.8, 4) is 11.3 Å². The second-order valence-corrected chi connectivity index (χ2v) is 5.08. The third-order valence-electron chi connectivity index (χ3n) is 3.40. The molecule has 1 aliphatic carbocycles. The summed E-state index contributed by atoms with van der Waals surface area (Å²) in [5.41, 5.74) is 4.02. The summed E-state index contributed by atoms with van der Waals surface area (Å²) < 4.78 is 0. The monoisotopic (exact) mass is 259 g/mol. The number of aliphatic hydroxyl groups is 1. The van der Waals surface area contributed by atoms with E-state index in [9.17, 15) is 5.11 Å². The predicted octanol–water partition coefficient (Wildman–Crippen LogP) is 3.77. The smallest absolute Gasteiger partial charge is 0.0807 e. The molecule has 0 saturated heterocycles. The molecule has 0 saturated carbocycles. The van der Waals surface area contributed by atoms with Gasteiger partial charge in [-0.2, -0.15) is 0 Å². The standard InChI is InChI=1S/C15H14ClNO/c16-11-6-4-10(5-7-11)13-9-8-12-14(17-13)2-1-3-15(12)18/h4-9,15,18H,1-3H2. The van der Waals surface area contributed by atoms with Gasteiger partial charge in [0, 0.05) is 21.8 Å². The van der Waals surface area contributed by atoms with Crippen molar-refractivity contribution >= 4 is 11.6 Å². The van der Waals surface area contributed by atoms with Gasteiger partial charge in [-0.05, 0) is 37.5 Å². The number of halogens is 1. The summed E-state index contributed by atoms with van der Waals surface area (Å²) in [6, 6.07) is 11.6. The fourth-order valence-corrected chi connectivity index (χ4v) is 2.54. The predicted molar refractivity (Wildman–Crippen MR) is 72.6 cm³/mol. The largest absolute Gasteiger partial charge is 0.388 e. The SMILES string of the molecule is OC1CCCc2nc(-c3ccc(Cl)cc3)ccc21. The maximum Gasteiger partial charge on any atom is 0.0807 e. The first-order valence-corrected chi connectivity index (χ1v) is 6.55. The second-order valence-electron chi connectivity index (χ2n) is 4.65. The summed E-state index contributed by atoms with van der Waals surface area (Å²) in [4.78, 5) is 4.66. The van der Waals surface area contributed by atoms with Gasteiger partial charge in [0.25, 0.3) is 0 Å². The molecular formula is C15H14ClNO. The van der Waals surface area contributed by atoms with E-state index in [2.05, 4.69) is 4.98 Å². The van der Waals surface area contributed by atoms with Gasteiger partial charge in [0.15, 0.2) is 0 Å². The zero-order valence-electron chi connectivity index (χ0n) is 9.94. The van der Waals surface area contributed by atoms with Gasteiger partial charge in [-0.15, -0.1) is 0 Å². The van der Waals surface area contributed by atoms with Crippen molar-refractivity contribution in [2.45, 2.75) is 25.4 Å². The van der Waals surface area contributed by atoms with E-state index >= 15 is 0 Å². The van der Waals surface area contributed by atoms with E-state index in [1.54, 1.807) is 0 Å². The summed E-state index contributed by atoms with van der Waals surface area (Å²) in [5, 5.41) is 10.6. The average molecular weight is 260 g/mol. The van der Waals surface area contributed by atoms with E-state index in [1.165, 1.54) is 0 Å². The first-order chi connectivity index (χ1) is 8.74. The highest BCUT2D eigenvalue weighted by Gasteiger charge is 2.19. The lowest BCUT2D eigenvalue weighted by atomic mass is 9.93. The molecule has 0 amide bonds. The van der Waals surface area contributed by atoms with Gasteiger partial charge in [0.1, 0.15) is 0 Å². The number of benzene rings is 1. The molecule has 1 unspecified atom stereocenters. The molecule has 0 fully saturated rings. The molecule has 18 heavy (non-hydrogen) atoms. The molecule has 0 spiro atoms. The van der Waals surface area contributed by atoms with Gasteiger partial charge in [0.05, 0.1) is 11.8 Å². The summed E-state index contributed by atoms with van der Waals surface area (Å²) in [5.74, 6) is 0. The number of hydrogen-bond donors (Lipinski definition) is 1. The van der Waals surface area contributed by atoms with E-state index in [1.807, 2.05) is 36.4 Å². The first-order valence-electron chi connectivity index (χ1n) is 6.18. The molecule has 1 aromatic carbocycles. The van der Waals surface area contributed by atoms with Crippen LogP contribution in [-0.4, -0.2) is 10.1 Å². The zero-order chi connectivity index (χ0) is 12.5.